The summed E-state index contributed by atoms with van der Waals surface area (Å²) < 4.78 is 57.0. The molecule has 1 saturated heterocycles. The molecule has 1 aliphatic heterocycles. The van der Waals surface area contributed by atoms with Crippen molar-refractivity contribution in [2.24, 2.45) is 5.73 Å². The Hall–Kier alpha value is -3.02. The molecule has 0 bridgehead atoms. The van der Waals surface area contributed by atoms with Gasteiger partial charge in [0, 0.05) is 36.8 Å². The summed E-state index contributed by atoms with van der Waals surface area (Å²) in [6, 6.07) is 6.26. The van der Waals surface area contributed by atoms with Gasteiger partial charge in [-0.25, -0.2) is 9.37 Å². The maximum absolute atomic E-state index is 14.0. The van der Waals surface area contributed by atoms with Gasteiger partial charge < -0.3 is 10.8 Å². The fraction of sp³-hybridized carbons (Fsp3) is 0.286. The van der Waals surface area contributed by atoms with E-state index < -0.39 is 23.8 Å². The van der Waals surface area contributed by atoms with Crippen LogP contribution in [0.2, 0.25) is 0 Å². The molecule has 174 valence electrons. The second kappa shape index (κ2) is 8.40. The number of rotatable bonds is 3. The van der Waals surface area contributed by atoms with Gasteiger partial charge in [-0.2, -0.15) is 13.2 Å². The van der Waals surface area contributed by atoms with Crippen molar-refractivity contribution in [1.29, 1.82) is 0 Å². The first-order chi connectivity index (χ1) is 15.2. The van der Waals surface area contributed by atoms with Crippen molar-refractivity contribution < 1.29 is 22.7 Å². The summed E-state index contributed by atoms with van der Waals surface area (Å²) >= 11 is 0. The quantitative estimate of drug-likeness (QED) is 0.431. The summed E-state index contributed by atoms with van der Waals surface area (Å²) in [5.74, 6) is -1.09. The summed E-state index contributed by atoms with van der Waals surface area (Å²) in [6.07, 6.45) is -2.63. The Morgan fingerprint density at radius 2 is 1.91 bits per heavy atom. The lowest BCUT2D eigenvalue weighted by molar-refractivity contribution is -0.183. The molecular weight excluding hydrogens is 464 g/mol. The van der Waals surface area contributed by atoms with Crippen molar-refractivity contribution >= 4 is 29.0 Å². The van der Waals surface area contributed by atoms with E-state index in [2.05, 4.69) is 15.2 Å². The van der Waals surface area contributed by atoms with Gasteiger partial charge in [-0.05, 0) is 30.2 Å². The Kier molecular flexibility index (Phi) is 5.89. The van der Waals surface area contributed by atoms with Crippen molar-refractivity contribution in [1.82, 2.24) is 24.5 Å². The van der Waals surface area contributed by atoms with Gasteiger partial charge in [-0.3, -0.25) is 9.30 Å². The van der Waals surface area contributed by atoms with Gasteiger partial charge in [-0.1, -0.05) is 12.1 Å². The number of nitrogens with zero attached hydrogens (tertiary/aromatic N) is 5. The van der Waals surface area contributed by atoms with Gasteiger partial charge in [-0.15, -0.1) is 22.6 Å². The first kappa shape index (κ1) is 23.1. The van der Waals surface area contributed by atoms with Crippen molar-refractivity contribution in [2.45, 2.75) is 24.7 Å². The third-order valence-corrected chi connectivity index (χ3v) is 5.66. The molecule has 3 aromatic heterocycles. The lowest BCUT2D eigenvalue weighted by Crippen LogP contribution is -2.38. The Balaban J connectivity index is 0.00000259. The predicted molar refractivity (Wildman–Crippen MR) is 116 cm³/mol. The molecule has 1 fully saturated rings. The number of nitrogens with two attached hydrogens (primary N) is 1. The molecule has 3 N–H and O–H groups in total. The normalized spacial score (nSPS) is 18.0. The van der Waals surface area contributed by atoms with E-state index in [9.17, 15) is 22.7 Å². The molecule has 0 amide bonds. The number of aromatic hydroxyl groups is 1. The number of hydrogen-bond acceptors (Lipinski definition) is 6. The first-order valence-electron chi connectivity index (χ1n) is 9.91. The maximum Gasteiger partial charge on any atom is 0.408 e. The van der Waals surface area contributed by atoms with Crippen LogP contribution in [0, 0.1) is 5.82 Å². The highest BCUT2D eigenvalue weighted by atomic mass is 35.5. The zero-order valence-electron chi connectivity index (χ0n) is 17.0. The van der Waals surface area contributed by atoms with E-state index in [0.717, 1.165) is 6.07 Å². The van der Waals surface area contributed by atoms with E-state index in [-0.39, 0.29) is 42.9 Å². The number of likely N-dealkylation sites (tertiary alicyclic amines) is 1. The molecule has 0 spiro atoms. The van der Waals surface area contributed by atoms with Gasteiger partial charge in [0.2, 0.25) is 0 Å². The van der Waals surface area contributed by atoms with E-state index in [1.54, 1.807) is 12.1 Å². The molecule has 1 aromatic carbocycles. The van der Waals surface area contributed by atoms with Gasteiger partial charge in [0.1, 0.15) is 11.7 Å². The van der Waals surface area contributed by atoms with Crippen LogP contribution in [0.5, 0.6) is 5.75 Å². The molecular formula is C21H19ClF4N6O. The van der Waals surface area contributed by atoms with E-state index in [4.69, 9.17) is 5.73 Å². The SMILES string of the molecule is Cl.N[C@H]1CCN([C@H](c2ccc3nnc(-c4ccc5cc(F)c(O)cc5n4)n3c2)C(F)(F)F)C1. The molecule has 12 heteroatoms. The van der Waals surface area contributed by atoms with Gasteiger partial charge in [0.15, 0.2) is 23.0 Å². The third kappa shape index (κ3) is 4.19. The van der Waals surface area contributed by atoms with Crippen molar-refractivity contribution in [2.75, 3.05) is 13.1 Å². The highest BCUT2D eigenvalue weighted by molar-refractivity contribution is 5.85. The second-order valence-corrected chi connectivity index (χ2v) is 7.89. The number of halogens is 5. The number of alkyl halides is 3. The van der Waals surface area contributed by atoms with Crippen LogP contribution in [0.15, 0.2) is 42.6 Å². The average molecular weight is 483 g/mol. The molecule has 0 unspecified atom stereocenters. The van der Waals surface area contributed by atoms with Crippen molar-refractivity contribution in [3.05, 3.63) is 54.0 Å². The molecule has 7 nitrogen and oxygen atoms in total. The number of phenolic OH excluding ortho intramolecular Hbond substituents is 1. The zero-order chi connectivity index (χ0) is 22.6. The fourth-order valence-electron chi connectivity index (χ4n) is 4.16. The van der Waals surface area contributed by atoms with Crippen LogP contribution >= 0.6 is 12.4 Å². The number of phenols is 1. The van der Waals surface area contributed by atoms with E-state index in [1.165, 1.54) is 33.7 Å². The molecule has 5 rings (SSSR count). The Bertz CT molecular complexity index is 1330. The maximum atomic E-state index is 14.0. The highest BCUT2D eigenvalue weighted by Crippen LogP contribution is 2.39. The molecule has 2 atom stereocenters. The standard InChI is InChI=1S/C21H18F4N6O.ClH/c22-14-7-11-1-3-15(27-16(11)8-17(14)32)20-29-28-18-4-2-12(9-31(18)20)19(21(23,24)25)30-6-5-13(26)10-30;/h1-4,7-9,13,19,32H,5-6,10,26H2;1H/t13-,19+;/m0./s1. The second-order valence-electron chi connectivity index (χ2n) is 7.89. The van der Waals surface area contributed by atoms with Gasteiger partial charge in [0.05, 0.1) is 5.52 Å². The topological polar surface area (TPSA) is 92.6 Å². The summed E-state index contributed by atoms with van der Waals surface area (Å²) in [5, 5.41) is 18.2. The van der Waals surface area contributed by atoms with Crippen LogP contribution in [0.1, 0.15) is 18.0 Å². The van der Waals surface area contributed by atoms with E-state index >= 15 is 0 Å². The summed E-state index contributed by atoms with van der Waals surface area (Å²) in [7, 11) is 0. The Morgan fingerprint density at radius 3 is 2.61 bits per heavy atom. The van der Waals surface area contributed by atoms with Crippen LogP contribution in [-0.2, 0) is 0 Å². The molecule has 1 aliphatic rings. The van der Waals surface area contributed by atoms with Crippen molar-refractivity contribution in [3.63, 3.8) is 0 Å². The Labute approximate surface area is 191 Å². The molecule has 33 heavy (non-hydrogen) atoms. The van der Waals surface area contributed by atoms with Crippen LogP contribution in [0.4, 0.5) is 17.6 Å². The minimum absolute atomic E-state index is 0. The summed E-state index contributed by atoms with van der Waals surface area (Å²) in [5.41, 5.74) is 6.87. The number of hydrogen-bond donors (Lipinski definition) is 2. The van der Waals surface area contributed by atoms with Crippen LogP contribution < -0.4 is 5.73 Å². The van der Waals surface area contributed by atoms with E-state index in [0.29, 0.717) is 28.7 Å². The van der Waals surface area contributed by atoms with Crippen LogP contribution in [-0.4, -0.2) is 54.9 Å². The minimum atomic E-state index is -4.49. The number of fused-ring (bicyclic) bond motifs is 2. The molecule has 0 radical (unpaired) electrons. The van der Waals surface area contributed by atoms with Gasteiger partial charge >= 0.3 is 6.18 Å². The third-order valence-electron chi connectivity index (χ3n) is 5.66. The predicted octanol–water partition coefficient (Wildman–Crippen LogP) is 3.85. The molecule has 0 aliphatic carbocycles. The number of benzene rings is 1. The molecule has 0 saturated carbocycles. The Morgan fingerprint density at radius 1 is 1.12 bits per heavy atom. The smallest absolute Gasteiger partial charge is 0.408 e. The first-order valence-corrected chi connectivity index (χ1v) is 9.91. The summed E-state index contributed by atoms with van der Waals surface area (Å²) in [6.45, 7) is 0.411. The van der Waals surface area contributed by atoms with Gasteiger partial charge in [0.25, 0.3) is 0 Å². The monoisotopic (exact) mass is 482 g/mol. The van der Waals surface area contributed by atoms with E-state index in [1.807, 2.05) is 0 Å². The lowest BCUT2D eigenvalue weighted by Gasteiger charge is -2.30. The average Bonchev–Trinajstić information content (AvgIpc) is 3.34. The van der Waals surface area contributed by atoms with Crippen LogP contribution in [0.25, 0.3) is 28.1 Å². The number of aromatic nitrogens is 4. The highest BCUT2D eigenvalue weighted by Gasteiger charge is 2.46. The lowest BCUT2D eigenvalue weighted by atomic mass is 10.1. The number of pyridine rings is 2. The van der Waals surface area contributed by atoms with Crippen molar-refractivity contribution in [3.8, 4) is 17.3 Å². The molecule has 4 aromatic rings. The summed E-state index contributed by atoms with van der Waals surface area (Å²) in [4.78, 5) is 5.72. The fourth-order valence-corrected chi connectivity index (χ4v) is 4.16. The largest absolute Gasteiger partial charge is 0.505 e. The molecule has 4 heterocycles. The zero-order valence-corrected chi connectivity index (χ0v) is 17.8. The van der Waals surface area contributed by atoms with Crippen LogP contribution in [0.3, 0.4) is 0 Å². The minimum Gasteiger partial charge on any atom is -0.505 e.